The minimum absolute atomic E-state index is 0.260. The molecule has 2 aromatic heterocycles. The lowest BCUT2D eigenvalue weighted by Gasteiger charge is -2.06. The van der Waals surface area contributed by atoms with Gasteiger partial charge in [0.1, 0.15) is 0 Å². The predicted octanol–water partition coefficient (Wildman–Crippen LogP) is 2.21. The van der Waals surface area contributed by atoms with E-state index >= 15 is 0 Å². The van der Waals surface area contributed by atoms with Gasteiger partial charge in [0.05, 0.1) is 18.0 Å². The van der Waals surface area contributed by atoms with E-state index in [4.69, 9.17) is 4.18 Å². The molecule has 0 unspecified atom stereocenters. The lowest BCUT2D eigenvalue weighted by Crippen LogP contribution is -2.13. The summed E-state index contributed by atoms with van der Waals surface area (Å²) in [5.41, 5.74) is 1.34. The quantitative estimate of drug-likeness (QED) is 0.596. The van der Waals surface area contributed by atoms with Crippen molar-refractivity contribution in [2.45, 2.75) is 6.92 Å². The zero-order valence-electron chi connectivity index (χ0n) is 13.8. The van der Waals surface area contributed by atoms with Gasteiger partial charge in [-0.15, -0.1) is 11.3 Å². The summed E-state index contributed by atoms with van der Waals surface area (Å²) < 4.78 is 55.9. The molecule has 11 heteroatoms. The average molecular weight is 415 g/mol. The van der Waals surface area contributed by atoms with Crippen molar-refractivity contribution in [3.05, 3.63) is 34.8 Å². The van der Waals surface area contributed by atoms with Crippen molar-refractivity contribution in [1.29, 1.82) is 0 Å². The zero-order valence-corrected chi connectivity index (χ0v) is 16.3. The highest BCUT2D eigenvalue weighted by Gasteiger charge is 2.27. The van der Waals surface area contributed by atoms with Crippen LogP contribution in [0, 0.1) is 6.92 Å². The largest absolute Gasteiger partial charge is 0.380 e. The molecule has 3 aromatic rings. The van der Waals surface area contributed by atoms with Crippen LogP contribution in [-0.4, -0.2) is 40.3 Å². The van der Waals surface area contributed by atoms with E-state index in [-0.39, 0.29) is 10.6 Å². The molecule has 0 aliphatic carbocycles. The summed E-state index contributed by atoms with van der Waals surface area (Å²) in [5, 5.41) is 0.923. The second-order valence-electron chi connectivity index (χ2n) is 5.58. The Morgan fingerprint density at radius 2 is 1.73 bits per heavy atom. The van der Waals surface area contributed by atoms with Crippen molar-refractivity contribution < 1.29 is 30.0 Å². The molecule has 0 atom stereocenters. The van der Waals surface area contributed by atoms with Gasteiger partial charge in [-0.25, -0.2) is 4.79 Å². The summed E-state index contributed by atoms with van der Waals surface area (Å²) in [6, 6.07) is 6.84. The number of hydrogen-bond acceptors (Lipinski definition) is 9. The van der Waals surface area contributed by atoms with Crippen molar-refractivity contribution in [2.75, 3.05) is 12.5 Å². The van der Waals surface area contributed by atoms with Crippen LogP contribution in [0.5, 0.6) is 5.75 Å². The third-order valence-electron chi connectivity index (χ3n) is 3.26. The minimum Gasteiger partial charge on any atom is -0.380 e. The first-order chi connectivity index (χ1) is 11.9. The second kappa shape index (κ2) is 6.18. The van der Waals surface area contributed by atoms with Crippen molar-refractivity contribution in [2.24, 2.45) is 0 Å². The highest BCUT2D eigenvalue weighted by Crippen LogP contribution is 2.42. The maximum absolute atomic E-state index is 12.2. The molecular weight excluding hydrogens is 402 g/mol. The second-order valence-corrected chi connectivity index (χ2v) is 9.78. The molecule has 0 radical (unpaired) electrons. The zero-order chi connectivity index (χ0) is 19.3. The van der Waals surface area contributed by atoms with Gasteiger partial charge >= 0.3 is 26.2 Å². The van der Waals surface area contributed by atoms with Gasteiger partial charge in [-0.3, -0.25) is 4.98 Å². The standard InChI is InChI=1S/C15H13NO7S3/c1-8-4-5-9-10(16-8)6-7-11-12(9)13(22-25(2,18)19)14(24-11)15(17)23-26(3,20)21/h4-7H,1-3H3. The normalized spacial score (nSPS) is 12.4. The fourth-order valence-electron chi connectivity index (χ4n) is 2.42. The van der Waals surface area contributed by atoms with Gasteiger partial charge in [0.15, 0.2) is 10.6 Å². The number of fused-ring (bicyclic) bond motifs is 3. The van der Waals surface area contributed by atoms with Crippen LogP contribution in [-0.2, 0) is 24.4 Å². The minimum atomic E-state index is -4.08. The van der Waals surface area contributed by atoms with Crippen LogP contribution in [0.4, 0.5) is 0 Å². The number of nitrogens with zero attached hydrogens (tertiary/aromatic N) is 1. The molecule has 0 aliphatic rings. The first kappa shape index (κ1) is 18.5. The summed E-state index contributed by atoms with van der Waals surface area (Å²) in [5.74, 6) is -1.47. The van der Waals surface area contributed by atoms with Crippen LogP contribution >= 0.6 is 11.3 Å². The van der Waals surface area contributed by atoms with E-state index in [0.717, 1.165) is 29.5 Å². The molecule has 0 spiro atoms. The molecule has 0 fully saturated rings. The number of rotatable bonds is 4. The van der Waals surface area contributed by atoms with Gasteiger partial charge in [0.25, 0.3) is 0 Å². The van der Waals surface area contributed by atoms with Crippen molar-refractivity contribution in [3.63, 3.8) is 0 Å². The van der Waals surface area contributed by atoms with Crippen LogP contribution in [0.2, 0.25) is 0 Å². The SMILES string of the molecule is Cc1ccc2c(ccc3sc(C(=O)OS(C)(=O)=O)c(OS(C)(=O)=O)c32)n1. The average Bonchev–Trinajstić information content (AvgIpc) is 2.82. The monoisotopic (exact) mass is 415 g/mol. The van der Waals surface area contributed by atoms with Crippen LogP contribution < -0.4 is 4.18 Å². The number of pyridine rings is 1. The molecule has 0 saturated carbocycles. The van der Waals surface area contributed by atoms with E-state index in [0.29, 0.717) is 21.0 Å². The van der Waals surface area contributed by atoms with Gasteiger partial charge in [-0.05, 0) is 25.1 Å². The Hall–Kier alpha value is -2.24. The number of aromatic nitrogens is 1. The number of aryl methyl sites for hydroxylation is 1. The number of thiophene rings is 1. The lowest BCUT2D eigenvalue weighted by atomic mass is 10.1. The smallest absolute Gasteiger partial charge is 0.367 e. The molecular formula is C15H13NO7S3. The maximum Gasteiger partial charge on any atom is 0.367 e. The molecule has 0 amide bonds. The fourth-order valence-corrected chi connectivity index (χ4v) is 4.37. The molecule has 1 aromatic carbocycles. The van der Waals surface area contributed by atoms with Gasteiger partial charge in [0, 0.05) is 21.2 Å². The molecule has 0 saturated heterocycles. The molecule has 2 heterocycles. The molecule has 3 rings (SSSR count). The van der Waals surface area contributed by atoms with E-state index in [9.17, 15) is 21.6 Å². The van der Waals surface area contributed by atoms with Crippen molar-refractivity contribution >= 4 is 58.5 Å². The Bertz CT molecular complexity index is 1260. The summed E-state index contributed by atoms with van der Waals surface area (Å²) in [6.45, 7) is 1.81. The first-order valence-corrected chi connectivity index (χ1v) is 11.6. The summed E-state index contributed by atoms with van der Waals surface area (Å²) >= 11 is 0.876. The topological polar surface area (TPSA) is 117 Å². The highest BCUT2D eigenvalue weighted by molar-refractivity contribution is 7.86. The van der Waals surface area contributed by atoms with Crippen molar-refractivity contribution in [1.82, 2.24) is 4.98 Å². The third-order valence-corrected chi connectivity index (χ3v) is 5.30. The van der Waals surface area contributed by atoms with Crippen LogP contribution in [0.25, 0.3) is 21.0 Å². The fraction of sp³-hybridized carbons (Fsp3) is 0.200. The van der Waals surface area contributed by atoms with Crippen molar-refractivity contribution in [3.8, 4) is 5.75 Å². The molecule has 138 valence electrons. The van der Waals surface area contributed by atoms with E-state index < -0.39 is 26.2 Å². The maximum atomic E-state index is 12.2. The van der Waals surface area contributed by atoms with Crippen LogP contribution in [0.3, 0.4) is 0 Å². The Morgan fingerprint density at radius 3 is 2.35 bits per heavy atom. The molecule has 0 N–H and O–H groups in total. The molecule has 0 aliphatic heterocycles. The van der Waals surface area contributed by atoms with E-state index in [1.54, 1.807) is 31.2 Å². The van der Waals surface area contributed by atoms with E-state index in [1.807, 2.05) is 0 Å². The van der Waals surface area contributed by atoms with Gasteiger partial charge < -0.3 is 8.37 Å². The van der Waals surface area contributed by atoms with Gasteiger partial charge in [0.2, 0.25) is 0 Å². The number of hydrogen-bond donors (Lipinski definition) is 0. The lowest BCUT2D eigenvalue weighted by molar-refractivity contribution is 0.0752. The molecule has 0 bridgehead atoms. The Morgan fingerprint density at radius 1 is 1.04 bits per heavy atom. The number of carbonyl (C=O) groups is 1. The Labute approximate surface area is 153 Å². The molecule has 26 heavy (non-hydrogen) atoms. The number of benzene rings is 1. The Balaban J connectivity index is 2.36. The third kappa shape index (κ3) is 3.79. The Kier molecular flexibility index (Phi) is 4.41. The molecule has 8 nitrogen and oxygen atoms in total. The van der Waals surface area contributed by atoms with Crippen LogP contribution in [0.1, 0.15) is 15.4 Å². The van der Waals surface area contributed by atoms with Gasteiger partial charge in [-0.1, -0.05) is 6.07 Å². The summed E-state index contributed by atoms with van der Waals surface area (Å²) in [4.78, 5) is 16.3. The predicted molar refractivity (Wildman–Crippen MR) is 97.6 cm³/mol. The summed E-state index contributed by atoms with van der Waals surface area (Å²) in [6.07, 6.45) is 1.55. The summed E-state index contributed by atoms with van der Waals surface area (Å²) in [7, 11) is -8.06. The number of carbonyl (C=O) groups excluding carboxylic acids is 1. The highest BCUT2D eigenvalue weighted by atomic mass is 32.2. The van der Waals surface area contributed by atoms with Gasteiger partial charge in [-0.2, -0.15) is 16.8 Å². The van der Waals surface area contributed by atoms with E-state index in [1.165, 1.54) is 0 Å². The first-order valence-electron chi connectivity index (χ1n) is 7.11. The van der Waals surface area contributed by atoms with E-state index in [2.05, 4.69) is 9.17 Å². The van der Waals surface area contributed by atoms with Crippen LogP contribution in [0.15, 0.2) is 24.3 Å².